The van der Waals surface area contributed by atoms with Crippen molar-refractivity contribution < 1.29 is 13.5 Å². The number of sulfonamides is 1. The largest absolute Gasteiger partial charge is 0.399 e. The van der Waals surface area contributed by atoms with Crippen LogP contribution in [0.3, 0.4) is 0 Å². The highest BCUT2D eigenvalue weighted by Gasteiger charge is 2.21. The fourth-order valence-corrected chi connectivity index (χ4v) is 3.00. The molecule has 1 unspecified atom stereocenters. The van der Waals surface area contributed by atoms with Crippen LogP contribution in [0.1, 0.15) is 20.3 Å². The van der Waals surface area contributed by atoms with Crippen molar-refractivity contribution in [2.75, 3.05) is 12.3 Å². The average molecular weight is 272 g/mol. The van der Waals surface area contributed by atoms with E-state index in [1.807, 2.05) is 13.8 Å². The summed E-state index contributed by atoms with van der Waals surface area (Å²) in [6.45, 7) is 3.77. The molecular weight excluding hydrogens is 252 g/mol. The van der Waals surface area contributed by atoms with E-state index < -0.39 is 10.0 Å². The molecule has 18 heavy (non-hydrogen) atoms. The number of hydrogen-bond donors (Lipinski definition) is 3. The SMILES string of the molecule is CC(C)C(CCO)NS(=O)(=O)c1ccc(N)cc1. The van der Waals surface area contributed by atoms with Crippen molar-refractivity contribution in [1.29, 1.82) is 0 Å². The van der Waals surface area contributed by atoms with Gasteiger partial charge in [-0.3, -0.25) is 0 Å². The number of nitrogens with two attached hydrogens (primary N) is 1. The summed E-state index contributed by atoms with van der Waals surface area (Å²) in [6.07, 6.45) is 0.395. The Labute approximate surface area is 108 Å². The molecule has 0 saturated heterocycles. The molecule has 0 bridgehead atoms. The van der Waals surface area contributed by atoms with Gasteiger partial charge in [0.1, 0.15) is 0 Å². The molecule has 0 heterocycles. The van der Waals surface area contributed by atoms with Gasteiger partial charge in [-0.15, -0.1) is 0 Å². The number of hydrogen-bond acceptors (Lipinski definition) is 4. The van der Waals surface area contributed by atoms with Crippen molar-refractivity contribution in [3.63, 3.8) is 0 Å². The molecule has 1 aromatic carbocycles. The molecule has 5 nitrogen and oxygen atoms in total. The van der Waals surface area contributed by atoms with E-state index in [9.17, 15) is 8.42 Å². The standard InChI is InChI=1S/C12H20N2O3S/c1-9(2)12(7-8-15)14-18(16,17)11-5-3-10(13)4-6-11/h3-6,9,12,14-15H,7-8,13H2,1-2H3. The van der Waals surface area contributed by atoms with E-state index in [-0.39, 0.29) is 23.5 Å². The molecule has 0 amide bonds. The monoisotopic (exact) mass is 272 g/mol. The van der Waals surface area contributed by atoms with Crippen molar-refractivity contribution in [3.05, 3.63) is 24.3 Å². The maximum atomic E-state index is 12.1. The molecule has 0 aliphatic heterocycles. The third-order valence-electron chi connectivity index (χ3n) is 2.74. The summed E-state index contributed by atoms with van der Waals surface area (Å²) in [5.41, 5.74) is 6.04. The lowest BCUT2D eigenvalue weighted by Gasteiger charge is -2.21. The molecule has 1 atom stereocenters. The highest BCUT2D eigenvalue weighted by molar-refractivity contribution is 7.89. The van der Waals surface area contributed by atoms with Crippen molar-refractivity contribution in [2.45, 2.75) is 31.2 Å². The first-order chi connectivity index (χ1) is 8.36. The van der Waals surface area contributed by atoms with Gasteiger partial charge in [0.15, 0.2) is 0 Å². The summed E-state index contributed by atoms with van der Waals surface area (Å²) in [7, 11) is -3.56. The summed E-state index contributed by atoms with van der Waals surface area (Å²) >= 11 is 0. The molecule has 1 rings (SSSR count). The highest BCUT2D eigenvalue weighted by atomic mass is 32.2. The minimum absolute atomic E-state index is 0.0485. The van der Waals surface area contributed by atoms with Crippen LogP contribution in [0.25, 0.3) is 0 Å². The maximum Gasteiger partial charge on any atom is 0.240 e. The highest BCUT2D eigenvalue weighted by Crippen LogP contribution is 2.15. The zero-order valence-corrected chi connectivity index (χ0v) is 11.4. The number of aliphatic hydroxyl groups is 1. The Morgan fingerprint density at radius 3 is 2.28 bits per heavy atom. The number of aliphatic hydroxyl groups excluding tert-OH is 1. The minimum atomic E-state index is -3.56. The predicted molar refractivity (Wildman–Crippen MR) is 71.5 cm³/mol. The Hall–Kier alpha value is -1.11. The number of rotatable bonds is 6. The van der Waals surface area contributed by atoms with E-state index in [2.05, 4.69) is 4.72 Å². The van der Waals surface area contributed by atoms with Crippen LogP contribution in [-0.4, -0.2) is 26.2 Å². The van der Waals surface area contributed by atoms with Gasteiger partial charge in [0.2, 0.25) is 10.0 Å². The summed E-state index contributed by atoms with van der Waals surface area (Å²) < 4.78 is 26.8. The fourth-order valence-electron chi connectivity index (χ4n) is 1.58. The van der Waals surface area contributed by atoms with Crippen molar-refractivity contribution >= 4 is 15.7 Å². The summed E-state index contributed by atoms with van der Waals surface area (Å²) in [5, 5.41) is 8.94. The minimum Gasteiger partial charge on any atom is -0.399 e. The van der Waals surface area contributed by atoms with Crippen LogP contribution < -0.4 is 10.5 Å². The van der Waals surface area contributed by atoms with E-state index in [1.54, 1.807) is 12.1 Å². The normalized spacial score (nSPS) is 13.8. The van der Waals surface area contributed by atoms with Gasteiger partial charge in [0.05, 0.1) is 4.90 Å². The summed E-state index contributed by atoms with van der Waals surface area (Å²) in [5.74, 6) is 0.112. The Bertz CT molecular complexity index is 469. The van der Waals surface area contributed by atoms with Crippen LogP contribution in [0.5, 0.6) is 0 Å². The van der Waals surface area contributed by atoms with Gasteiger partial charge >= 0.3 is 0 Å². The third-order valence-corrected chi connectivity index (χ3v) is 4.25. The molecular formula is C12H20N2O3S. The van der Waals surface area contributed by atoms with E-state index >= 15 is 0 Å². The maximum absolute atomic E-state index is 12.1. The lowest BCUT2D eigenvalue weighted by molar-refractivity contribution is 0.256. The van der Waals surface area contributed by atoms with E-state index in [0.717, 1.165) is 0 Å². The van der Waals surface area contributed by atoms with E-state index in [0.29, 0.717) is 12.1 Å². The van der Waals surface area contributed by atoms with Gasteiger partial charge in [-0.1, -0.05) is 13.8 Å². The van der Waals surface area contributed by atoms with E-state index in [1.165, 1.54) is 12.1 Å². The Morgan fingerprint density at radius 1 is 1.28 bits per heavy atom. The number of nitrogen functional groups attached to an aromatic ring is 1. The summed E-state index contributed by atoms with van der Waals surface area (Å²) in [4.78, 5) is 0.181. The topological polar surface area (TPSA) is 92.4 Å². The molecule has 0 aliphatic rings. The molecule has 0 radical (unpaired) electrons. The molecule has 4 N–H and O–H groups in total. The summed E-state index contributed by atoms with van der Waals surface area (Å²) in [6, 6.07) is 5.75. The number of anilines is 1. The molecule has 6 heteroatoms. The zero-order valence-electron chi connectivity index (χ0n) is 10.6. The van der Waals surface area contributed by atoms with Crippen LogP contribution in [-0.2, 0) is 10.0 Å². The van der Waals surface area contributed by atoms with Crippen LogP contribution in [0.4, 0.5) is 5.69 Å². The number of nitrogens with one attached hydrogen (secondary N) is 1. The van der Waals surface area contributed by atoms with Crippen LogP contribution in [0.2, 0.25) is 0 Å². The second-order valence-corrected chi connectivity index (χ2v) is 6.27. The van der Waals surface area contributed by atoms with Gasteiger partial charge in [-0.2, -0.15) is 0 Å². The predicted octanol–water partition coefficient (Wildman–Crippen LogP) is 0.954. The fraction of sp³-hybridized carbons (Fsp3) is 0.500. The first-order valence-corrected chi connectivity index (χ1v) is 7.34. The second-order valence-electron chi connectivity index (χ2n) is 4.55. The van der Waals surface area contributed by atoms with Gasteiger partial charge in [0.25, 0.3) is 0 Å². The Kier molecular flexibility index (Phi) is 5.13. The molecule has 0 saturated carbocycles. The molecule has 0 spiro atoms. The first-order valence-electron chi connectivity index (χ1n) is 5.85. The van der Waals surface area contributed by atoms with Gasteiger partial charge in [0, 0.05) is 18.3 Å². The molecule has 0 fully saturated rings. The number of benzene rings is 1. The molecule has 0 aromatic heterocycles. The molecule has 102 valence electrons. The smallest absolute Gasteiger partial charge is 0.240 e. The van der Waals surface area contributed by atoms with Gasteiger partial charge < -0.3 is 10.8 Å². The van der Waals surface area contributed by atoms with Gasteiger partial charge in [-0.25, -0.2) is 13.1 Å². The quantitative estimate of drug-likeness (QED) is 0.672. The van der Waals surface area contributed by atoms with Gasteiger partial charge in [-0.05, 0) is 36.6 Å². The van der Waals surface area contributed by atoms with Crippen molar-refractivity contribution in [1.82, 2.24) is 4.72 Å². The Morgan fingerprint density at radius 2 is 1.83 bits per heavy atom. The van der Waals surface area contributed by atoms with Crippen molar-refractivity contribution in [2.24, 2.45) is 5.92 Å². The third kappa shape index (κ3) is 3.97. The lowest BCUT2D eigenvalue weighted by Crippen LogP contribution is -2.39. The van der Waals surface area contributed by atoms with Crippen LogP contribution in [0, 0.1) is 5.92 Å². The van der Waals surface area contributed by atoms with Crippen LogP contribution >= 0.6 is 0 Å². The van der Waals surface area contributed by atoms with Crippen LogP contribution in [0.15, 0.2) is 29.2 Å². The lowest BCUT2D eigenvalue weighted by atomic mass is 10.0. The zero-order chi connectivity index (χ0) is 13.8. The molecule has 1 aromatic rings. The first kappa shape index (κ1) is 14.9. The molecule has 0 aliphatic carbocycles. The van der Waals surface area contributed by atoms with E-state index in [4.69, 9.17) is 10.8 Å². The second kappa shape index (κ2) is 6.17. The van der Waals surface area contributed by atoms with Crippen molar-refractivity contribution in [3.8, 4) is 0 Å². The Balaban J connectivity index is 2.89. The average Bonchev–Trinajstić information content (AvgIpc) is 2.28.